The highest BCUT2D eigenvalue weighted by atomic mass is 16.3. The van der Waals surface area contributed by atoms with E-state index in [-0.39, 0.29) is 11.5 Å². The van der Waals surface area contributed by atoms with Crippen LogP contribution in [-0.4, -0.2) is 32.1 Å². The second-order valence-electron chi connectivity index (χ2n) is 9.08. The Labute approximate surface area is 188 Å². The summed E-state index contributed by atoms with van der Waals surface area (Å²) in [5.41, 5.74) is 3.60. The highest BCUT2D eigenvalue weighted by Gasteiger charge is 2.16. The Morgan fingerprint density at radius 2 is 1.68 bits per heavy atom. The summed E-state index contributed by atoms with van der Waals surface area (Å²) in [5.74, 6) is 0.173. The fourth-order valence-corrected chi connectivity index (χ4v) is 3.27. The van der Waals surface area contributed by atoms with Crippen molar-refractivity contribution in [3.8, 4) is 11.5 Å². The summed E-state index contributed by atoms with van der Waals surface area (Å²) in [4.78, 5) is 0. The van der Waals surface area contributed by atoms with Crippen LogP contribution >= 0.6 is 0 Å². The molecule has 2 atom stereocenters. The Kier molecular flexibility index (Phi) is 10.8. The van der Waals surface area contributed by atoms with Gasteiger partial charge in [-0.25, -0.2) is 0 Å². The summed E-state index contributed by atoms with van der Waals surface area (Å²) >= 11 is 0. The third kappa shape index (κ3) is 11.0. The van der Waals surface area contributed by atoms with Crippen molar-refractivity contribution in [3.63, 3.8) is 0 Å². The van der Waals surface area contributed by atoms with E-state index >= 15 is 0 Å². The summed E-state index contributed by atoms with van der Waals surface area (Å²) in [6.07, 6.45) is 12.6. The van der Waals surface area contributed by atoms with E-state index < -0.39 is 11.7 Å². The summed E-state index contributed by atoms with van der Waals surface area (Å²) in [6.45, 7) is 11.7. The summed E-state index contributed by atoms with van der Waals surface area (Å²) < 4.78 is 0. The number of hydrogen-bond acceptors (Lipinski definition) is 4. The standard InChI is InChI=1S/C27H40O4/c1-19(2)9-7-10-20(3)15-24(28)16-21(4)11-8-13-27(6,31)14-12-23-18-25(29)22(5)17-26(23)30/h9,11-12,14-15,17-18,24,28-31H,7-8,10,13,16H2,1-6H3/b14-12-,20-15+,21-11+/t24-,27+/m1/s1. The number of benzene rings is 1. The van der Waals surface area contributed by atoms with Gasteiger partial charge in [-0.2, -0.15) is 0 Å². The van der Waals surface area contributed by atoms with Crippen molar-refractivity contribution in [2.45, 2.75) is 85.4 Å². The van der Waals surface area contributed by atoms with Crippen molar-refractivity contribution in [3.05, 3.63) is 64.3 Å². The predicted molar refractivity (Wildman–Crippen MR) is 130 cm³/mol. The molecule has 4 nitrogen and oxygen atoms in total. The second-order valence-corrected chi connectivity index (χ2v) is 9.08. The van der Waals surface area contributed by atoms with E-state index in [1.54, 1.807) is 26.0 Å². The molecule has 4 N–H and O–H groups in total. The molecule has 4 heteroatoms. The molecule has 31 heavy (non-hydrogen) atoms. The molecule has 0 bridgehead atoms. The van der Waals surface area contributed by atoms with Crippen molar-refractivity contribution in [1.29, 1.82) is 0 Å². The lowest BCUT2D eigenvalue weighted by Gasteiger charge is -2.18. The Hall–Kier alpha value is -2.30. The van der Waals surface area contributed by atoms with E-state index in [1.807, 2.05) is 19.1 Å². The van der Waals surface area contributed by atoms with Gasteiger partial charge in [0.1, 0.15) is 11.5 Å². The van der Waals surface area contributed by atoms with Gasteiger partial charge in [-0.15, -0.1) is 0 Å². The van der Waals surface area contributed by atoms with Crippen molar-refractivity contribution in [1.82, 2.24) is 0 Å². The SMILES string of the molecule is CC(C)=CCC/C(C)=C/[C@@H](O)C/C(C)=C/CC[C@](C)(O)/C=C\c1cc(O)c(C)cc1O. The Bertz CT molecular complexity index is 837. The predicted octanol–water partition coefficient (Wildman–Crippen LogP) is 6.34. The third-order valence-electron chi connectivity index (χ3n) is 5.21. The van der Waals surface area contributed by atoms with Crippen LogP contribution in [0, 0.1) is 6.92 Å². The minimum absolute atomic E-state index is 0.0660. The molecule has 0 aliphatic rings. The van der Waals surface area contributed by atoms with Crippen molar-refractivity contribution < 1.29 is 20.4 Å². The number of aryl methyl sites for hydroxylation is 1. The van der Waals surface area contributed by atoms with Gasteiger partial charge >= 0.3 is 0 Å². The minimum Gasteiger partial charge on any atom is -0.508 e. The maximum atomic E-state index is 10.6. The molecule has 0 radical (unpaired) electrons. The first-order chi connectivity index (χ1) is 14.4. The number of phenols is 2. The number of phenolic OH excluding ortho intramolecular Hbond substituents is 2. The maximum absolute atomic E-state index is 10.6. The number of aliphatic hydroxyl groups is 2. The van der Waals surface area contributed by atoms with E-state index in [1.165, 1.54) is 23.3 Å². The minimum atomic E-state index is -1.05. The lowest BCUT2D eigenvalue weighted by Crippen LogP contribution is -2.19. The van der Waals surface area contributed by atoms with Crippen LogP contribution in [-0.2, 0) is 0 Å². The fourth-order valence-electron chi connectivity index (χ4n) is 3.27. The molecule has 0 fully saturated rings. The number of aromatic hydroxyl groups is 2. The summed E-state index contributed by atoms with van der Waals surface area (Å²) in [5, 5.41) is 40.7. The van der Waals surface area contributed by atoms with Gasteiger partial charge in [-0.1, -0.05) is 47.1 Å². The molecule has 0 aliphatic carbocycles. The molecule has 0 saturated heterocycles. The molecule has 0 spiro atoms. The van der Waals surface area contributed by atoms with Crippen LogP contribution in [0.2, 0.25) is 0 Å². The molecular weight excluding hydrogens is 388 g/mol. The highest BCUT2D eigenvalue weighted by molar-refractivity contribution is 5.61. The van der Waals surface area contributed by atoms with Crippen molar-refractivity contribution in [2.24, 2.45) is 0 Å². The van der Waals surface area contributed by atoms with Gasteiger partial charge in [0.25, 0.3) is 0 Å². The lowest BCUT2D eigenvalue weighted by atomic mass is 9.96. The van der Waals surface area contributed by atoms with Gasteiger partial charge in [0.05, 0.1) is 11.7 Å². The Balaban J connectivity index is 2.57. The largest absolute Gasteiger partial charge is 0.508 e. The zero-order chi connectivity index (χ0) is 23.6. The van der Waals surface area contributed by atoms with Crippen LogP contribution in [0.4, 0.5) is 0 Å². The van der Waals surface area contributed by atoms with Gasteiger partial charge < -0.3 is 20.4 Å². The first kappa shape index (κ1) is 26.7. The molecule has 1 aromatic rings. The first-order valence-corrected chi connectivity index (χ1v) is 11.0. The Morgan fingerprint density at radius 3 is 2.32 bits per heavy atom. The molecule has 1 aromatic carbocycles. The average molecular weight is 429 g/mol. The highest BCUT2D eigenvalue weighted by Crippen LogP contribution is 2.28. The van der Waals surface area contributed by atoms with Gasteiger partial charge in [0.2, 0.25) is 0 Å². The zero-order valence-electron chi connectivity index (χ0n) is 19.9. The molecule has 0 aromatic heterocycles. The summed E-state index contributed by atoms with van der Waals surface area (Å²) in [7, 11) is 0. The molecule has 0 unspecified atom stereocenters. The average Bonchev–Trinajstić information content (AvgIpc) is 2.62. The van der Waals surface area contributed by atoms with Crippen LogP contribution in [0.3, 0.4) is 0 Å². The molecule has 0 saturated carbocycles. The smallest absolute Gasteiger partial charge is 0.123 e. The quantitative estimate of drug-likeness (QED) is 0.245. The maximum Gasteiger partial charge on any atom is 0.123 e. The third-order valence-corrected chi connectivity index (χ3v) is 5.21. The van der Waals surface area contributed by atoms with Crippen LogP contribution < -0.4 is 0 Å². The van der Waals surface area contributed by atoms with E-state index in [0.29, 0.717) is 30.4 Å². The van der Waals surface area contributed by atoms with Crippen LogP contribution in [0.5, 0.6) is 11.5 Å². The first-order valence-electron chi connectivity index (χ1n) is 11.0. The summed E-state index contributed by atoms with van der Waals surface area (Å²) in [6, 6.07) is 2.98. The van der Waals surface area contributed by atoms with E-state index in [2.05, 4.69) is 26.8 Å². The van der Waals surface area contributed by atoms with E-state index in [9.17, 15) is 20.4 Å². The molecule has 172 valence electrons. The molecule has 0 heterocycles. The van der Waals surface area contributed by atoms with Crippen LogP contribution in [0.25, 0.3) is 6.08 Å². The van der Waals surface area contributed by atoms with Gasteiger partial charge in [0.15, 0.2) is 0 Å². The number of hydrogen-bond donors (Lipinski definition) is 4. The monoisotopic (exact) mass is 428 g/mol. The lowest BCUT2D eigenvalue weighted by molar-refractivity contribution is 0.104. The topological polar surface area (TPSA) is 80.9 Å². The molecule has 0 amide bonds. The second kappa shape index (κ2) is 12.5. The van der Waals surface area contributed by atoms with E-state index in [4.69, 9.17) is 0 Å². The van der Waals surface area contributed by atoms with Crippen molar-refractivity contribution in [2.75, 3.05) is 0 Å². The number of allylic oxidation sites excluding steroid dienone is 4. The fraction of sp³-hybridized carbons (Fsp3) is 0.481. The zero-order valence-corrected chi connectivity index (χ0v) is 19.9. The number of aliphatic hydroxyl groups excluding tert-OH is 1. The van der Waals surface area contributed by atoms with Gasteiger partial charge in [0, 0.05) is 5.56 Å². The van der Waals surface area contributed by atoms with E-state index in [0.717, 1.165) is 18.4 Å². The molecule has 0 aliphatic heterocycles. The Morgan fingerprint density at radius 1 is 1.00 bits per heavy atom. The normalized spacial score (nSPS) is 15.7. The molecule has 1 rings (SSSR count). The van der Waals surface area contributed by atoms with Crippen LogP contribution in [0.1, 0.15) is 77.8 Å². The van der Waals surface area contributed by atoms with Gasteiger partial charge in [-0.05, 0) is 91.3 Å². The number of rotatable bonds is 11. The van der Waals surface area contributed by atoms with Crippen LogP contribution in [0.15, 0.2) is 53.2 Å². The van der Waals surface area contributed by atoms with Crippen molar-refractivity contribution >= 4 is 6.08 Å². The van der Waals surface area contributed by atoms with Gasteiger partial charge in [-0.3, -0.25) is 0 Å². The molecular formula is C27H40O4.